The average Bonchev–Trinajstić information content (AvgIpc) is 3.52. The van der Waals surface area contributed by atoms with Crippen molar-refractivity contribution in [2.45, 2.75) is 18.3 Å². The summed E-state index contributed by atoms with van der Waals surface area (Å²) in [6.45, 7) is 2.30. The van der Waals surface area contributed by atoms with Gasteiger partial charge in [-0.3, -0.25) is 0 Å². The highest BCUT2D eigenvalue weighted by Gasteiger charge is 2.46. The quantitative estimate of drug-likeness (QED) is 0.182. The van der Waals surface area contributed by atoms with Gasteiger partial charge in [0.25, 0.3) is 0 Å². The maximum absolute atomic E-state index is 9.30. The van der Waals surface area contributed by atoms with Crippen LogP contribution in [0.5, 0.6) is 0 Å². The molecule has 2 heteroatoms. The van der Waals surface area contributed by atoms with Crippen LogP contribution in [0.3, 0.4) is 0 Å². The molecule has 2 unspecified atom stereocenters. The number of rotatable bonds is 7. The van der Waals surface area contributed by atoms with Gasteiger partial charge in [0.2, 0.25) is 0 Å². The molecule has 0 aliphatic heterocycles. The predicted molar refractivity (Wildman–Crippen MR) is 219 cm³/mol. The summed E-state index contributed by atoms with van der Waals surface area (Å²) in [4.78, 5) is 0. The van der Waals surface area contributed by atoms with Crippen molar-refractivity contribution in [2.75, 3.05) is 5.32 Å². The summed E-state index contributed by atoms with van der Waals surface area (Å²) >= 11 is 0. The Morgan fingerprint density at radius 1 is 0.566 bits per heavy atom. The normalized spacial score (nSPS) is 16.6. The van der Waals surface area contributed by atoms with E-state index in [0.717, 1.165) is 16.9 Å². The van der Waals surface area contributed by atoms with Crippen molar-refractivity contribution in [2.24, 2.45) is 5.92 Å². The smallest absolute Gasteiger partial charge is 0.0991 e. The van der Waals surface area contributed by atoms with E-state index >= 15 is 0 Å². The van der Waals surface area contributed by atoms with E-state index in [2.05, 4.69) is 200 Å². The fourth-order valence-corrected chi connectivity index (χ4v) is 8.72. The number of nitrogens with one attached hydrogen (secondary N) is 1. The molecule has 252 valence electrons. The van der Waals surface area contributed by atoms with E-state index in [1.54, 1.807) is 0 Å². The van der Waals surface area contributed by atoms with Crippen molar-refractivity contribution in [3.8, 4) is 28.3 Å². The second-order valence-corrected chi connectivity index (χ2v) is 14.1. The first-order chi connectivity index (χ1) is 26.1. The molecular formula is C51H38N2. The van der Waals surface area contributed by atoms with E-state index < -0.39 is 5.41 Å². The molecular weight excluding hydrogens is 641 g/mol. The van der Waals surface area contributed by atoms with Crippen molar-refractivity contribution in [1.82, 2.24) is 0 Å². The number of para-hydroxylation sites is 1. The van der Waals surface area contributed by atoms with E-state index in [0.29, 0.717) is 5.56 Å². The van der Waals surface area contributed by atoms with Gasteiger partial charge in [0, 0.05) is 22.9 Å². The molecule has 2 nitrogen and oxygen atoms in total. The molecule has 7 aromatic rings. The van der Waals surface area contributed by atoms with Gasteiger partial charge in [-0.2, -0.15) is 5.26 Å². The minimum atomic E-state index is -0.450. The highest BCUT2D eigenvalue weighted by atomic mass is 14.9. The molecule has 0 aromatic heterocycles. The molecule has 9 rings (SSSR count). The van der Waals surface area contributed by atoms with Crippen LogP contribution >= 0.6 is 0 Å². The minimum absolute atomic E-state index is 0.241. The maximum atomic E-state index is 9.30. The van der Waals surface area contributed by atoms with Gasteiger partial charge in [-0.1, -0.05) is 165 Å². The molecule has 0 amide bonds. The Labute approximate surface area is 312 Å². The lowest BCUT2D eigenvalue weighted by atomic mass is 9.67. The fraction of sp³-hybridized carbons (Fsp3) is 0.0784. The summed E-state index contributed by atoms with van der Waals surface area (Å²) < 4.78 is 0. The fourth-order valence-electron chi connectivity index (χ4n) is 8.72. The van der Waals surface area contributed by atoms with Gasteiger partial charge in [-0.15, -0.1) is 0 Å². The first-order valence-electron chi connectivity index (χ1n) is 18.4. The zero-order valence-corrected chi connectivity index (χ0v) is 29.6. The summed E-state index contributed by atoms with van der Waals surface area (Å²) in [7, 11) is 0. The molecule has 2 atom stereocenters. The Balaban J connectivity index is 1.09. The van der Waals surface area contributed by atoms with Crippen molar-refractivity contribution in [3.63, 3.8) is 0 Å². The summed E-state index contributed by atoms with van der Waals surface area (Å²) in [5, 5.41) is 13.2. The molecule has 53 heavy (non-hydrogen) atoms. The molecule has 0 radical (unpaired) electrons. The SMILES string of the molecule is CC1C(c2cccc(-c3ccccc3Nc3ccc4c(c3)C(c3ccccc3)(c3ccccc3)c3ccccc3-4)c2)=CC=CC1c1ccc(C#N)cc1. The van der Waals surface area contributed by atoms with E-state index in [4.69, 9.17) is 0 Å². The summed E-state index contributed by atoms with van der Waals surface area (Å²) in [5.41, 5.74) is 16.1. The second-order valence-electron chi connectivity index (χ2n) is 14.1. The molecule has 0 saturated heterocycles. The third kappa shape index (κ3) is 5.50. The largest absolute Gasteiger partial charge is 0.355 e. The second kappa shape index (κ2) is 13.5. The Bertz CT molecular complexity index is 2510. The van der Waals surface area contributed by atoms with E-state index in [9.17, 15) is 5.26 Å². The summed E-state index contributed by atoms with van der Waals surface area (Å²) in [5.74, 6) is 0.520. The van der Waals surface area contributed by atoms with Crippen LogP contribution in [0.15, 0.2) is 194 Å². The third-order valence-electron chi connectivity index (χ3n) is 11.2. The van der Waals surface area contributed by atoms with Crippen LogP contribution in [0, 0.1) is 17.2 Å². The van der Waals surface area contributed by atoms with Crippen LogP contribution in [0.25, 0.3) is 27.8 Å². The lowest BCUT2D eigenvalue weighted by Gasteiger charge is -2.34. The van der Waals surface area contributed by atoms with Crippen molar-refractivity contribution in [1.29, 1.82) is 5.26 Å². The molecule has 0 bridgehead atoms. The van der Waals surface area contributed by atoms with Crippen LogP contribution in [0.4, 0.5) is 11.4 Å². The first-order valence-corrected chi connectivity index (χ1v) is 18.4. The van der Waals surface area contributed by atoms with Gasteiger partial charge < -0.3 is 5.32 Å². The van der Waals surface area contributed by atoms with Crippen molar-refractivity contribution >= 4 is 16.9 Å². The number of fused-ring (bicyclic) bond motifs is 3. The van der Waals surface area contributed by atoms with Crippen LogP contribution in [-0.2, 0) is 5.41 Å². The number of hydrogen-bond acceptors (Lipinski definition) is 2. The van der Waals surface area contributed by atoms with Gasteiger partial charge in [-0.05, 0) is 98.0 Å². The van der Waals surface area contributed by atoms with Crippen LogP contribution < -0.4 is 5.32 Å². The Morgan fingerprint density at radius 3 is 1.94 bits per heavy atom. The summed E-state index contributed by atoms with van der Waals surface area (Å²) in [6, 6.07) is 65.5. The van der Waals surface area contributed by atoms with Crippen LogP contribution in [0.1, 0.15) is 51.8 Å². The van der Waals surface area contributed by atoms with Crippen molar-refractivity contribution < 1.29 is 0 Å². The summed E-state index contributed by atoms with van der Waals surface area (Å²) in [6.07, 6.45) is 6.71. The standard InChI is InChI=1S/C51H38N2/c1-35-43(37-28-26-36(34-52)27-29-37)22-13-23-44(35)38-14-12-15-39(32-38)45-20-9-11-25-50(45)53-42-30-31-47-46-21-8-10-24-48(46)51(49(47)33-42,40-16-4-2-5-17-40)41-18-6-3-7-19-41/h2-33,35,43,53H,1H3. The topological polar surface area (TPSA) is 35.8 Å². The van der Waals surface area contributed by atoms with E-state index in [1.165, 1.54) is 55.6 Å². The number of nitriles is 1. The van der Waals surface area contributed by atoms with E-state index in [-0.39, 0.29) is 11.8 Å². The molecule has 0 spiro atoms. The Morgan fingerprint density at radius 2 is 1.21 bits per heavy atom. The van der Waals surface area contributed by atoms with Gasteiger partial charge >= 0.3 is 0 Å². The number of hydrogen-bond donors (Lipinski definition) is 1. The zero-order chi connectivity index (χ0) is 35.8. The number of benzene rings is 7. The van der Waals surface area contributed by atoms with Crippen LogP contribution in [-0.4, -0.2) is 0 Å². The molecule has 2 aliphatic rings. The monoisotopic (exact) mass is 678 g/mol. The van der Waals surface area contributed by atoms with Gasteiger partial charge in [-0.25, -0.2) is 0 Å². The Kier molecular flexibility index (Phi) is 8.18. The number of allylic oxidation sites excluding steroid dienone is 4. The molecule has 0 saturated carbocycles. The molecule has 0 heterocycles. The average molecular weight is 679 g/mol. The predicted octanol–water partition coefficient (Wildman–Crippen LogP) is 12.7. The third-order valence-corrected chi connectivity index (χ3v) is 11.2. The highest BCUT2D eigenvalue weighted by Crippen LogP contribution is 2.56. The number of anilines is 2. The molecule has 2 aliphatic carbocycles. The van der Waals surface area contributed by atoms with Gasteiger partial charge in [0.1, 0.15) is 0 Å². The Hall–Kier alpha value is -6.69. The lowest BCUT2D eigenvalue weighted by molar-refractivity contribution is 0.653. The highest BCUT2D eigenvalue weighted by molar-refractivity contribution is 5.89. The zero-order valence-electron chi connectivity index (χ0n) is 29.6. The van der Waals surface area contributed by atoms with Crippen LogP contribution in [0.2, 0.25) is 0 Å². The lowest BCUT2D eigenvalue weighted by Crippen LogP contribution is -2.28. The minimum Gasteiger partial charge on any atom is -0.355 e. The number of nitrogens with zero attached hydrogens (tertiary/aromatic N) is 1. The van der Waals surface area contributed by atoms with E-state index in [1.807, 2.05) is 12.1 Å². The van der Waals surface area contributed by atoms with Crippen molar-refractivity contribution in [3.05, 3.63) is 233 Å². The molecule has 0 fully saturated rings. The molecule has 7 aromatic carbocycles. The first kappa shape index (κ1) is 32.2. The maximum Gasteiger partial charge on any atom is 0.0991 e. The van der Waals surface area contributed by atoms with Gasteiger partial charge in [0.05, 0.1) is 17.0 Å². The molecule has 1 N–H and O–H groups in total. The van der Waals surface area contributed by atoms with Gasteiger partial charge in [0.15, 0.2) is 0 Å².